The second kappa shape index (κ2) is 3.90. The van der Waals surface area contributed by atoms with Crippen LogP contribution in [0.3, 0.4) is 0 Å². The van der Waals surface area contributed by atoms with Gasteiger partial charge in [-0.25, -0.2) is 0 Å². The van der Waals surface area contributed by atoms with E-state index in [4.69, 9.17) is 5.11 Å². The Kier molecular flexibility index (Phi) is 3.88. The smallest absolute Gasteiger partial charge is 0.328 e. The Morgan fingerprint density at radius 2 is 2.11 bits per heavy atom. The summed E-state index contributed by atoms with van der Waals surface area (Å²) in [5, 5.41) is 8.00. The van der Waals surface area contributed by atoms with Crippen molar-refractivity contribution in [3.63, 3.8) is 0 Å². The maximum Gasteiger partial charge on any atom is 0.328 e. The first kappa shape index (κ1) is 8.97. The zero-order chi connectivity index (χ0) is 7.44. The number of halogens is 1. The maximum atomic E-state index is 10.2. The number of carboxylic acids is 1. The highest BCUT2D eigenvalue weighted by Crippen LogP contribution is 2.17. The minimum Gasteiger partial charge on any atom is -0.480 e. The number of alkyl halides is 1. The first-order valence-corrected chi connectivity index (χ1v) is 3.87. The highest BCUT2D eigenvalue weighted by atomic mass is 79.9. The van der Waals surface area contributed by atoms with E-state index in [1.807, 2.05) is 0 Å². The molecule has 0 saturated heterocycles. The molecule has 9 heavy (non-hydrogen) atoms. The van der Waals surface area contributed by atoms with Gasteiger partial charge in [-0.1, -0.05) is 27.7 Å². The van der Waals surface area contributed by atoms with Gasteiger partial charge in [0.2, 0.25) is 0 Å². The van der Waals surface area contributed by atoms with E-state index < -0.39 is 10.1 Å². The van der Waals surface area contributed by atoms with Gasteiger partial charge in [-0.3, -0.25) is 9.59 Å². The molecule has 0 aliphatic carbocycles. The molecule has 5 heteroatoms. The van der Waals surface area contributed by atoms with Crippen molar-refractivity contribution in [2.45, 2.75) is 11.1 Å². The van der Waals surface area contributed by atoms with Gasteiger partial charge in [0.1, 0.15) is 0 Å². The van der Waals surface area contributed by atoms with Crippen LogP contribution in [0, 0.1) is 0 Å². The molecule has 1 N–H and O–H groups in total. The monoisotopic (exact) mass is 212 g/mol. The highest BCUT2D eigenvalue weighted by Gasteiger charge is 2.14. The number of thioether (sulfide) groups is 1. The average molecular weight is 213 g/mol. The molecular weight excluding hydrogens is 208 g/mol. The molecule has 0 saturated carbocycles. The van der Waals surface area contributed by atoms with E-state index in [-0.39, 0.29) is 5.12 Å². The SMILES string of the molecule is CC(=O)S[C@@H](Br)C(=O)O. The summed E-state index contributed by atoms with van der Waals surface area (Å²) in [7, 11) is 0. The summed E-state index contributed by atoms with van der Waals surface area (Å²) in [4.78, 5) is 20.2. The van der Waals surface area contributed by atoms with E-state index in [1.54, 1.807) is 0 Å². The van der Waals surface area contributed by atoms with Crippen molar-refractivity contribution in [3.05, 3.63) is 0 Å². The molecule has 0 aromatic carbocycles. The number of carboxylic acid groups (broad SMARTS) is 1. The Hall–Kier alpha value is -0.0300. The van der Waals surface area contributed by atoms with Crippen molar-refractivity contribution >= 4 is 38.8 Å². The van der Waals surface area contributed by atoms with Gasteiger partial charge in [0.15, 0.2) is 9.27 Å². The van der Waals surface area contributed by atoms with Crippen molar-refractivity contribution in [3.8, 4) is 0 Å². The predicted molar refractivity (Wildman–Crippen MR) is 38.6 cm³/mol. The van der Waals surface area contributed by atoms with E-state index in [0.29, 0.717) is 0 Å². The fraction of sp³-hybridized carbons (Fsp3) is 0.500. The summed E-state index contributed by atoms with van der Waals surface area (Å²) in [6.07, 6.45) is 0. The molecule has 0 fully saturated rings. The van der Waals surface area contributed by atoms with Gasteiger partial charge in [-0.15, -0.1) is 0 Å². The minimum atomic E-state index is -1.03. The molecule has 0 radical (unpaired) electrons. The lowest BCUT2D eigenvalue weighted by molar-refractivity contribution is -0.134. The van der Waals surface area contributed by atoms with Gasteiger partial charge in [0.25, 0.3) is 0 Å². The van der Waals surface area contributed by atoms with E-state index in [1.165, 1.54) is 6.92 Å². The topological polar surface area (TPSA) is 54.4 Å². The van der Waals surface area contributed by atoms with Gasteiger partial charge < -0.3 is 5.11 Å². The van der Waals surface area contributed by atoms with E-state index in [9.17, 15) is 9.59 Å². The molecule has 0 aromatic rings. The maximum absolute atomic E-state index is 10.2. The Morgan fingerprint density at radius 3 is 2.22 bits per heavy atom. The average Bonchev–Trinajstić information content (AvgIpc) is 1.63. The third-order valence-electron chi connectivity index (χ3n) is 0.464. The summed E-state index contributed by atoms with van der Waals surface area (Å²) in [6.45, 7) is 1.32. The van der Waals surface area contributed by atoms with Crippen molar-refractivity contribution < 1.29 is 14.7 Å². The summed E-state index contributed by atoms with van der Waals surface area (Å²) >= 11 is 3.53. The summed E-state index contributed by atoms with van der Waals surface area (Å²) in [5.74, 6) is -1.03. The second-order valence-electron chi connectivity index (χ2n) is 1.26. The summed E-state index contributed by atoms with van der Waals surface area (Å²) in [6, 6.07) is 0. The molecule has 0 aliphatic heterocycles. The summed E-state index contributed by atoms with van der Waals surface area (Å²) in [5.41, 5.74) is 0. The van der Waals surface area contributed by atoms with Crippen molar-refractivity contribution in [1.29, 1.82) is 0 Å². The fourth-order valence-electron chi connectivity index (χ4n) is 0.196. The van der Waals surface area contributed by atoms with Gasteiger partial charge in [0, 0.05) is 6.92 Å². The molecule has 0 unspecified atom stereocenters. The van der Waals surface area contributed by atoms with Crippen LogP contribution in [0.15, 0.2) is 0 Å². The Morgan fingerprint density at radius 1 is 1.67 bits per heavy atom. The van der Waals surface area contributed by atoms with Crippen LogP contribution in [0.5, 0.6) is 0 Å². The van der Waals surface area contributed by atoms with E-state index in [2.05, 4.69) is 15.9 Å². The van der Waals surface area contributed by atoms with Crippen LogP contribution >= 0.6 is 27.7 Å². The molecule has 0 aromatic heterocycles. The normalized spacial score (nSPS) is 12.7. The van der Waals surface area contributed by atoms with E-state index >= 15 is 0 Å². The summed E-state index contributed by atoms with van der Waals surface area (Å²) < 4.78 is -0.810. The van der Waals surface area contributed by atoms with Gasteiger partial charge in [0.05, 0.1) is 0 Å². The Bertz CT molecular complexity index is 136. The van der Waals surface area contributed by atoms with Crippen LogP contribution in [0.4, 0.5) is 0 Å². The standard InChI is InChI=1S/C4H5BrO3S/c1-2(6)9-3(5)4(7)8/h3H,1H3,(H,7,8)/t3-/m1/s1. The number of carbonyl (C=O) groups excluding carboxylic acids is 1. The Balaban J connectivity index is 3.63. The minimum absolute atomic E-state index is 0.209. The predicted octanol–water partition coefficient (Wildman–Crippen LogP) is 1.07. The molecule has 0 rings (SSSR count). The van der Waals surface area contributed by atoms with Crippen molar-refractivity contribution in [1.82, 2.24) is 0 Å². The number of aliphatic carboxylic acids is 1. The molecule has 0 amide bonds. The van der Waals surface area contributed by atoms with Crippen LogP contribution in [0.1, 0.15) is 6.92 Å². The number of rotatable bonds is 2. The zero-order valence-electron chi connectivity index (χ0n) is 4.63. The van der Waals surface area contributed by atoms with E-state index in [0.717, 1.165) is 11.8 Å². The highest BCUT2D eigenvalue weighted by molar-refractivity contribution is 9.11. The van der Waals surface area contributed by atoms with Gasteiger partial charge in [-0.05, 0) is 0 Å². The zero-order valence-corrected chi connectivity index (χ0v) is 7.03. The van der Waals surface area contributed by atoms with Crippen LogP contribution in [0.2, 0.25) is 0 Å². The van der Waals surface area contributed by atoms with Gasteiger partial charge >= 0.3 is 5.97 Å². The molecule has 0 bridgehead atoms. The second-order valence-corrected chi connectivity index (χ2v) is 4.07. The molecule has 52 valence electrons. The molecule has 1 atom stereocenters. The molecule has 0 spiro atoms. The molecule has 0 aliphatic rings. The van der Waals surface area contributed by atoms with Crippen molar-refractivity contribution in [2.24, 2.45) is 0 Å². The van der Waals surface area contributed by atoms with Crippen LogP contribution in [-0.2, 0) is 9.59 Å². The lowest BCUT2D eigenvalue weighted by atomic mass is 10.8. The molecular formula is C4H5BrO3S. The molecule has 3 nitrogen and oxygen atoms in total. The fourth-order valence-corrected chi connectivity index (χ4v) is 1.38. The first-order chi connectivity index (χ1) is 4.04. The number of carbonyl (C=O) groups is 2. The third-order valence-corrected chi connectivity index (χ3v) is 2.16. The number of hydrogen-bond donors (Lipinski definition) is 1. The number of hydrogen-bond acceptors (Lipinski definition) is 3. The Labute approximate surface area is 64.9 Å². The van der Waals surface area contributed by atoms with Crippen LogP contribution < -0.4 is 0 Å². The quantitative estimate of drug-likeness (QED) is 0.697. The van der Waals surface area contributed by atoms with Crippen molar-refractivity contribution in [2.75, 3.05) is 0 Å². The van der Waals surface area contributed by atoms with Crippen LogP contribution in [0.25, 0.3) is 0 Å². The lowest BCUT2D eigenvalue weighted by Gasteiger charge is -1.97. The molecule has 0 heterocycles. The van der Waals surface area contributed by atoms with Crippen LogP contribution in [-0.4, -0.2) is 20.4 Å². The van der Waals surface area contributed by atoms with Gasteiger partial charge in [-0.2, -0.15) is 0 Å². The largest absolute Gasteiger partial charge is 0.480 e. The lowest BCUT2D eigenvalue weighted by Crippen LogP contribution is -2.09. The third kappa shape index (κ3) is 4.47. The first-order valence-electron chi connectivity index (χ1n) is 2.08.